The van der Waals surface area contributed by atoms with Gasteiger partial charge in [0, 0.05) is 3.57 Å². The molecular formula is C8H8ClIN2O3S. The highest BCUT2D eigenvalue weighted by Gasteiger charge is 2.11. The molecule has 0 atom stereocenters. The van der Waals surface area contributed by atoms with E-state index in [1.807, 2.05) is 22.6 Å². The number of halogens is 2. The number of sulfonamides is 1. The zero-order valence-electron chi connectivity index (χ0n) is 7.91. The van der Waals surface area contributed by atoms with Crippen LogP contribution >= 0.6 is 34.2 Å². The highest BCUT2D eigenvalue weighted by atomic mass is 127. The van der Waals surface area contributed by atoms with E-state index in [1.54, 1.807) is 0 Å². The molecule has 88 valence electrons. The number of anilines is 1. The first kappa shape index (κ1) is 13.7. The average Bonchev–Trinajstić information content (AvgIpc) is 2.19. The van der Waals surface area contributed by atoms with E-state index < -0.39 is 10.0 Å². The molecule has 3 N–H and O–H groups in total. The predicted molar refractivity (Wildman–Crippen MR) is 69.9 cm³/mol. The van der Waals surface area contributed by atoms with Crippen LogP contribution in [0.15, 0.2) is 23.1 Å². The van der Waals surface area contributed by atoms with Gasteiger partial charge in [0.15, 0.2) is 0 Å². The highest BCUT2D eigenvalue weighted by molar-refractivity contribution is 14.1. The van der Waals surface area contributed by atoms with E-state index in [9.17, 15) is 13.2 Å². The molecule has 0 fully saturated rings. The zero-order chi connectivity index (χ0) is 12.3. The minimum absolute atomic E-state index is 0.000715. The lowest BCUT2D eigenvalue weighted by molar-refractivity contribution is -0.113. The van der Waals surface area contributed by atoms with Crippen LogP contribution in [-0.4, -0.2) is 20.2 Å². The fraction of sp³-hybridized carbons (Fsp3) is 0.125. The van der Waals surface area contributed by atoms with Crippen molar-refractivity contribution >= 4 is 55.8 Å². The first-order valence-electron chi connectivity index (χ1n) is 4.03. The number of hydrogen-bond acceptors (Lipinski definition) is 3. The van der Waals surface area contributed by atoms with Gasteiger partial charge in [0.1, 0.15) is 5.88 Å². The molecule has 1 aromatic carbocycles. The Balaban J connectivity index is 3.06. The molecule has 0 spiro atoms. The van der Waals surface area contributed by atoms with E-state index in [0.29, 0.717) is 9.26 Å². The standard InChI is InChI=1S/C8H8ClIN2O3S/c9-4-8(13)12-7-2-1-5(3-6(7)10)16(11,14)15/h1-3H,4H2,(H,12,13)(H2,11,14,15). The van der Waals surface area contributed by atoms with Gasteiger partial charge in [-0.2, -0.15) is 0 Å². The number of carbonyl (C=O) groups excluding carboxylic acids is 1. The quantitative estimate of drug-likeness (QED) is 0.614. The number of benzene rings is 1. The molecule has 0 heterocycles. The molecule has 0 aliphatic carbocycles. The Kier molecular flexibility index (Phi) is 4.53. The fourth-order valence-corrected chi connectivity index (χ4v) is 2.43. The maximum absolute atomic E-state index is 11.0. The maximum Gasteiger partial charge on any atom is 0.239 e. The summed E-state index contributed by atoms with van der Waals surface area (Å²) in [5, 5.41) is 7.49. The van der Waals surface area contributed by atoms with Gasteiger partial charge in [-0.3, -0.25) is 4.79 Å². The van der Waals surface area contributed by atoms with Crippen molar-refractivity contribution in [3.05, 3.63) is 21.8 Å². The molecule has 0 aliphatic rings. The molecule has 0 saturated carbocycles. The maximum atomic E-state index is 11.0. The molecule has 16 heavy (non-hydrogen) atoms. The molecule has 0 radical (unpaired) electrons. The molecule has 1 rings (SSSR count). The van der Waals surface area contributed by atoms with Crippen molar-refractivity contribution in [1.82, 2.24) is 0 Å². The predicted octanol–water partition coefficient (Wildman–Crippen LogP) is 1.12. The second-order valence-electron chi connectivity index (χ2n) is 2.87. The van der Waals surface area contributed by atoms with Crippen LogP contribution < -0.4 is 10.5 Å². The smallest absolute Gasteiger partial charge is 0.239 e. The molecule has 5 nitrogen and oxygen atoms in total. The van der Waals surface area contributed by atoms with E-state index in [2.05, 4.69) is 5.32 Å². The van der Waals surface area contributed by atoms with Gasteiger partial charge in [-0.15, -0.1) is 11.6 Å². The monoisotopic (exact) mass is 374 g/mol. The van der Waals surface area contributed by atoms with Gasteiger partial charge in [0.25, 0.3) is 0 Å². The van der Waals surface area contributed by atoms with Crippen molar-refractivity contribution in [2.45, 2.75) is 4.90 Å². The number of hydrogen-bond donors (Lipinski definition) is 2. The van der Waals surface area contributed by atoms with Crippen LogP contribution in [0.4, 0.5) is 5.69 Å². The lowest BCUT2D eigenvalue weighted by Crippen LogP contribution is -2.15. The first-order valence-corrected chi connectivity index (χ1v) is 7.18. The normalized spacial score (nSPS) is 11.2. The van der Waals surface area contributed by atoms with Crippen LogP contribution in [-0.2, 0) is 14.8 Å². The third-order valence-corrected chi connectivity index (χ3v) is 3.71. The third kappa shape index (κ3) is 3.58. The van der Waals surface area contributed by atoms with Crippen molar-refractivity contribution in [3.8, 4) is 0 Å². The molecule has 0 saturated heterocycles. The van der Waals surface area contributed by atoms with Gasteiger partial charge >= 0.3 is 0 Å². The van der Waals surface area contributed by atoms with Crippen LogP contribution in [0.25, 0.3) is 0 Å². The minimum atomic E-state index is -3.72. The van der Waals surface area contributed by atoms with Crippen LogP contribution in [0.5, 0.6) is 0 Å². The van der Waals surface area contributed by atoms with E-state index in [1.165, 1.54) is 18.2 Å². The molecule has 1 amide bonds. The summed E-state index contributed by atoms with van der Waals surface area (Å²) < 4.78 is 22.7. The van der Waals surface area contributed by atoms with E-state index in [0.717, 1.165) is 0 Å². The van der Waals surface area contributed by atoms with Crippen molar-refractivity contribution < 1.29 is 13.2 Å². The number of primary sulfonamides is 1. The van der Waals surface area contributed by atoms with Gasteiger partial charge in [-0.05, 0) is 40.8 Å². The van der Waals surface area contributed by atoms with E-state index in [4.69, 9.17) is 16.7 Å². The van der Waals surface area contributed by atoms with Crippen LogP contribution in [0.1, 0.15) is 0 Å². The Labute approximate surface area is 112 Å². The fourth-order valence-electron chi connectivity index (χ4n) is 0.958. The Hall–Kier alpha value is -0.380. The summed E-state index contributed by atoms with van der Waals surface area (Å²) in [6.07, 6.45) is 0. The summed E-state index contributed by atoms with van der Waals surface area (Å²) in [5.41, 5.74) is 0.499. The highest BCUT2D eigenvalue weighted by Crippen LogP contribution is 2.21. The third-order valence-electron chi connectivity index (χ3n) is 1.66. The van der Waals surface area contributed by atoms with Crippen LogP contribution in [0.3, 0.4) is 0 Å². The van der Waals surface area contributed by atoms with Gasteiger partial charge in [-0.1, -0.05) is 0 Å². The second kappa shape index (κ2) is 5.30. The number of rotatable bonds is 3. The van der Waals surface area contributed by atoms with Crippen molar-refractivity contribution in [1.29, 1.82) is 0 Å². The van der Waals surface area contributed by atoms with Gasteiger partial charge in [-0.25, -0.2) is 13.6 Å². The summed E-state index contributed by atoms with van der Waals surface area (Å²) in [6.45, 7) is 0. The topological polar surface area (TPSA) is 89.3 Å². The number of nitrogens with two attached hydrogens (primary N) is 1. The molecule has 0 unspecified atom stereocenters. The number of nitrogens with one attached hydrogen (secondary N) is 1. The van der Waals surface area contributed by atoms with Crippen molar-refractivity contribution in [2.24, 2.45) is 5.14 Å². The van der Waals surface area contributed by atoms with E-state index >= 15 is 0 Å². The minimum Gasteiger partial charge on any atom is -0.324 e. The summed E-state index contributed by atoms with van der Waals surface area (Å²) in [7, 11) is -3.72. The summed E-state index contributed by atoms with van der Waals surface area (Å²) in [4.78, 5) is 11.0. The molecule has 0 bridgehead atoms. The lowest BCUT2D eigenvalue weighted by atomic mass is 10.3. The van der Waals surface area contributed by atoms with Gasteiger partial charge in [0.05, 0.1) is 10.6 Å². The summed E-state index contributed by atoms with van der Waals surface area (Å²) >= 11 is 7.23. The van der Waals surface area contributed by atoms with Gasteiger partial charge < -0.3 is 5.32 Å². The van der Waals surface area contributed by atoms with Crippen LogP contribution in [0, 0.1) is 3.57 Å². The number of carbonyl (C=O) groups is 1. The molecular weight excluding hydrogens is 367 g/mol. The lowest BCUT2D eigenvalue weighted by Gasteiger charge is -2.07. The first-order chi connectivity index (χ1) is 7.34. The molecule has 1 aromatic rings. The Morgan fingerprint density at radius 3 is 2.56 bits per heavy atom. The summed E-state index contributed by atoms with van der Waals surface area (Å²) in [5.74, 6) is -0.518. The van der Waals surface area contributed by atoms with Crippen molar-refractivity contribution in [3.63, 3.8) is 0 Å². The SMILES string of the molecule is NS(=O)(=O)c1ccc(NC(=O)CCl)c(I)c1. The van der Waals surface area contributed by atoms with Crippen LogP contribution in [0.2, 0.25) is 0 Å². The second-order valence-corrected chi connectivity index (χ2v) is 5.86. The van der Waals surface area contributed by atoms with E-state index in [-0.39, 0.29) is 16.7 Å². The average molecular weight is 375 g/mol. The Morgan fingerprint density at radius 1 is 1.50 bits per heavy atom. The van der Waals surface area contributed by atoms with Gasteiger partial charge in [0.2, 0.25) is 15.9 Å². The number of amides is 1. The van der Waals surface area contributed by atoms with Crippen molar-refractivity contribution in [2.75, 3.05) is 11.2 Å². The summed E-state index contributed by atoms with van der Waals surface area (Å²) in [6, 6.07) is 4.16. The Bertz CT molecular complexity index is 518. The zero-order valence-corrected chi connectivity index (χ0v) is 11.6. The molecule has 8 heteroatoms. The largest absolute Gasteiger partial charge is 0.324 e. The molecule has 0 aliphatic heterocycles. The number of alkyl halides is 1. The molecule has 0 aromatic heterocycles. The Morgan fingerprint density at radius 2 is 2.12 bits per heavy atom.